The first-order valence-corrected chi connectivity index (χ1v) is 7.43. The molecule has 0 unspecified atom stereocenters. The lowest BCUT2D eigenvalue weighted by Crippen LogP contribution is -2.46. The lowest BCUT2D eigenvalue weighted by Gasteiger charge is -2.32. The Morgan fingerprint density at radius 2 is 2.09 bits per heavy atom. The van der Waals surface area contributed by atoms with Gasteiger partial charge in [0.05, 0.1) is 6.26 Å². The van der Waals surface area contributed by atoms with Crippen LogP contribution in [0, 0.1) is 6.92 Å². The molecule has 0 atom stereocenters. The number of aryl methyl sites for hydroxylation is 1. The number of nitrogens with one attached hydrogen (secondary N) is 2. The van der Waals surface area contributed by atoms with Crippen LogP contribution in [-0.2, 0) is 0 Å². The van der Waals surface area contributed by atoms with Gasteiger partial charge in [0.1, 0.15) is 5.69 Å². The molecule has 0 saturated carbocycles. The number of rotatable bonds is 3. The number of furan rings is 1. The summed E-state index contributed by atoms with van der Waals surface area (Å²) in [7, 11) is 0. The van der Waals surface area contributed by atoms with Gasteiger partial charge in [-0.15, -0.1) is 0 Å². The van der Waals surface area contributed by atoms with Crippen molar-refractivity contribution in [1.82, 2.24) is 15.2 Å². The first-order chi connectivity index (χ1) is 10.6. The van der Waals surface area contributed by atoms with Gasteiger partial charge in [-0.1, -0.05) is 0 Å². The van der Waals surface area contributed by atoms with Gasteiger partial charge < -0.3 is 19.6 Å². The second-order valence-electron chi connectivity index (χ2n) is 5.56. The fraction of sp³-hybridized carbons (Fsp3) is 0.375. The Morgan fingerprint density at radius 1 is 1.32 bits per heavy atom. The monoisotopic (exact) mass is 301 g/mol. The topological polar surface area (TPSA) is 78.3 Å². The van der Waals surface area contributed by atoms with Gasteiger partial charge >= 0.3 is 0 Å². The van der Waals surface area contributed by atoms with Crippen LogP contribution in [-0.4, -0.2) is 40.8 Å². The summed E-state index contributed by atoms with van der Waals surface area (Å²) in [6, 6.07) is 5.42. The van der Waals surface area contributed by atoms with Crippen LogP contribution in [0.1, 0.15) is 39.4 Å². The lowest BCUT2D eigenvalue weighted by molar-refractivity contribution is 0.0666. The Kier molecular flexibility index (Phi) is 4.00. The molecule has 2 aromatic heterocycles. The van der Waals surface area contributed by atoms with E-state index >= 15 is 0 Å². The smallest absolute Gasteiger partial charge is 0.289 e. The molecule has 116 valence electrons. The van der Waals surface area contributed by atoms with Crippen molar-refractivity contribution in [3.63, 3.8) is 0 Å². The second kappa shape index (κ2) is 6.09. The molecule has 1 fully saturated rings. The van der Waals surface area contributed by atoms with E-state index in [0.717, 1.165) is 18.4 Å². The molecule has 2 N–H and O–H groups in total. The Labute approximate surface area is 128 Å². The predicted octanol–water partition coefficient (Wildman–Crippen LogP) is 1.95. The highest BCUT2D eigenvalue weighted by molar-refractivity contribution is 5.93. The summed E-state index contributed by atoms with van der Waals surface area (Å²) < 4.78 is 5.25. The number of carbonyl (C=O) groups is 2. The van der Waals surface area contributed by atoms with Crippen molar-refractivity contribution in [3.8, 4) is 0 Å². The number of nitrogens with zero attached hydrogens (tertiary/aromatic N) is 1. The highest BCUT2D eigenvalue weighted by Crippen LogP contribution is 2.17. The third kappa shape index (κ3) is 2.90. The van der Waals surface area contributed by atoms with Gasteiger partial charge in [-0.2, -0.15) is 0 Å². The molecular formula is C16H19N3O3. The van der Waals surface area contributed by atoms with E-state index in [1.807, 2.05) is 6.92 Å². The summed E-state index contributed by atoms with van der Waals surface area (Å²) in [5, 5.41) is 3.00. The molecule has 1 aliphatic rings. The molecule has 2 aromatic rings. The molecule has 6 nitrogen and oxygen atoms in total. The molecule has 0 radical (unpaired) electrons. The standard InChI is InChI=1S/C16H19N3O3/c1-11-6-10-22-14(11)16(21)19-8-4-12(5-9-19)18-15(20)13-3-2-7-17-13/h2-3,6-7,10,12,17H,4-5,8-9H2,1H3,(H,18,20). The maximum atomic E-state index is 12.3. The van der Waals surface area contributed by atoms with Crippen LogP contribution in [0.3, 0.4) is 0 Å². The van der Waals surface area contributed by atoms with E-state index in [0.29, 0.717) is 24.5 Å². The fourth-order valence-corrected chi connectivity index (χ4v) is 2.70. The van der Waals surface area contributed by atoms with Crippen LogP contribution < -0.4 is 5.32 Å². The van der Waals surface area contributed by atoms with Crippen molar-refractivity contribution in [2.24, 2.45) is 0 Å². The molecule has 0 spiro atoms. The Morgan fingerprint density at radius 3 is 2.68 bits per heavy atom. The first kappa shape index (κ1) is 14.4. The average Bonchev–Trinajstić information content (AvgIpc) is 3.18. The molecule has 3 heterocycles. The number of aromatic nitrogens is 1. The molecule has 0 bridgehead atoms. The van der Waals surface area contributed by atoms with Crippen molar-refractivity contribution in [3.05, 3.63) is 47.7 Å². The van der Waals surface area contributed by atoms with Gasteiger partial charge in [0.25, 0.3) is 11.8 Å². The maximum absolute atomic E-state index is 12.3. The van der Waals surface area contributed by atoms with E-state index in [1.165, 1.54) is 6.26 Å². The van der Waals surface area contributed by atoms with Crippen LogP contribution >= 0.6 is 0 Å². The van der Waals surface area contributed by atoms with Gasteiger partial charge in [-0.3, -0.25) is 9.59 Å². The normalized spacial score (nSPS) is 15.8. The van der Waals surface area contributed by atoms with Gasteiger partial charge in [0.2, 0.25) is 0 Å². The number of piperidine rings is 1. The molecule has 1 saturated heterocycles. The SMILES string of the molecule is Cc1ccoc1C(=O)N1CCC(NC(=O)c2ccc[nH]2)CC1. The van der Waals surface area contributed by atoms with Gasteiger partial charge in [0, 0.05) is 30.9 Å². The predicted molar refractivity (Wildman–Crippen MR) is 80.6 cm³/mol. The van der Waals surface area contributed by atoms with Crippen LogP contribution in [0.25, 0.3) is 0 Å². The zero-order valence-corrected chi connectivity index (χ0v) is 12.5. The summed E-state index contributed by atoms with van der Waals surface area (Å²) in [6.45, 7) is 3.10. The maximum Gasteiger partial charge on any atom is 0.289 e. The Balaban J connectivity index is 1.53. The lowest BCUT2D eigenvalue weighted by atomic mass is 10.0. The van der Waals surface area contributed by atoms with Crippen molar-refractivity contribution in [2.75, 3.05) is 13.1 Å². The Hall–Kier alpha value is -2.50. The van der Waals surface area contributed by atoms with Crippen LogP contribution in [0.4, 0.5) is 0 Å². The fourth-order valence-electron chi connectivity index (χ4n) is 2.70. The molecule has 1 aliphatic heterocycles. The third-order valence-electron chi connectivity index (χ3n) is 4.02. The highest BCUT2D eigenvalue weighted by atomic mass is 16.3. The zero-order chi connectivity index (χ0) is 15.5. The first-order valence-electron chi connectivity index (χ1n) is 7.43. The van der Waals surface area contributed by atoms with E-state index < -0.39 is 0 Å². The van der Waals surface area contributed by atoms with E-state index in [4.69, 9.17) is 4.42 Å². The molecular weight excluding hydrogens is 282 g/mol. The largest absolute Gasteiger partial charge is 0.459 e. The van der Waals surface area contributed by atoms with E-state index in [1.54, 1.807) is 29.3 Å². The Bertz CT molecular complexity index is 652. The second-order valence-corrected chi connectivity index (χ2v) is 5.56. The van der Waals surface area contributed by atoms with Gasteiger partial charge in [0.15, 0.2) is 5.76 Å². The van der Waals surface area contributed by atoms with Crippen LogP contribution in [0.5, 0.6) is 0 Å². The van der Waals surface area contributed by atoms with Crippen molar-refractivity contribution in [2.45, 2.75) is 25.8 Å². The van der Waals surface area contributed by atoms with Crippen LogP contribution in [0.15, 0.2) is 35.1 Å². The zero-order valence-electron chi connectivity index (χ0n) is 12.5. The number of hydrogen-bond donors (Lipinski definition) is 2. The van der Waals surface area contributed by atoms with Crippen molar-refractivity contribution >= 4 is 11.8 Å². The number of aromatic amines is 1. The average molecular weight is 301 g/mol. The summed E-state index contributed by atoms with van der Waals surface area (Å²) in [5.41, 5.74) is 1.41. The van der Waals surface area contributed by atoms with E-state index in [9.17, 15) is 9.59 Å². The molecule has 0 aliphatic carbocycles. The third-order valence-corrected chi connectivity index (χ3v) is 4.02. The van der Waals surface area contributed by atoms with Gasteiger partial charge in [-0.05, 0) is 38.0 Å². The summed E-state index contributed by atoms with van der Waals surface area (Å²) in [4.78, 5) is 29.0. The highest BCUT2D eigenvalue weighted by Gasteiger charge is 2.27. The number of H-pyrrole nitrogens is 1. The number of carbonyl (C=O) groups excluding carboxylic acids is 2. The molecule has 2 amide bonds. The number of amides is 2. The van der Waals surface area contributed by atoms with Crippen LogP contribution in [0.2, 0.25) is 0 Å². The molecule has 0 aromatic carbocycles. The minimum atomic E-state index is -0.100. The number of likely N-dealkylation sites (tertiary alicyclic amines) is 1. The summed E-state index contributed by atoms with van der Waals surface area (Å²) in [5.74, 6) is 0.238. The molecule has 6 heteroatoms. The van der Waals surface area contributed by atoms with Gasteiger partial charge in [-0.25, -0.2) is 0 Å². The summed E-state index contributed by atoms with van der Waals surface area (Å²) >= 11 is 0. The summed E-state index contributed by atoms with van der Waals surface area (Å²) in [6.07, 6.45) is 4.75. The van der Waals surface area contributed by atoms with E-state index in [2.05, 4.69) is 10.3 Å². The minimum Gasteiger partial charge on any atom is -0.459 e. The van der Waals surface area contributed by atoms with Crippen molar-refractivity contribution < 1.29 is 14.0 Å². The van der Waals surface area contributed by atoms with E-state index in [-0.39, 0.29) is 17.9 Å². The van der Waals surface area contributed by atoms with Crippen molar-refractivity contribution in [1.29, 1.82) is 0 Å². The molecule has 22 heavy (non-hydrogen) atoms. The quantitative estimate of drug-likeness (QED) is 0.909. The number of hydrogen-bond acceptors (Lipinski definition) is 3. The molecule has 3 rings (SSSR count). The minimum absolute atomic E-state index is 0.0726.